The molecule has 0 aromatic carbocycles. The van der Waals surface area contributed by atoms with Crippen molar-refractivity contribution < 1.29 is 0 Å². The lowest BCUT2D eigenvalue weighted by Gasteiger charge is -2.41. The van der Waals surface area contributed by atoms with Gasteiger partial charge in [0.2, 0.25) is 0 Å². The van der Waals surface area contributed by atoms with E-state index in [0.717, 1.165) is 6.54 Å². The van der Waals surface area contributed by atoms with E-state index >= 15 is 0 Å². The number of nitrogens with two attached hydrogens (primary N) is 1. The van der Waals surface area contributed by atoms with Crippen molar-refractivity contribution in [3.8, 4) is 0 Å². The van der Waals surface area contributed by atoms with Crippen LogP contribution in [0.3, 0.4) is 0 Å². The maximum atomic E-state index is 5.70. The van der Waals surface area contributed by atoms with Crippen LogP contribution in [0.25, 0.3) is 0 Å². The Hall–Kier alpha value is 0.270. The Balaban J connectivity index is 2.51. The fourth-order valence-electron chi connectivity index (χ4n) is 2.01. The lowest BCUT2D eigenvalue weighted by atomic mass is 9.87. The van der Waals surface area contributed by atoms with Crippen LogP contribution in [0.15, 0.2) is 0 Å². The van der Waals surface area contributed by atoms with Crippen LogP contribution in [0, 0.1) is 5.41 Å². The van der Waals surface area contributed by atoms with E-state index < -0.39 is 0 Å². The van der Waals surface area contributed by atoms with E-state index in [2.05, 4.69) is 44.5 Å². The van der Waals surface area contributed by atoms with Gasteiger partial charge in [0.1, 0.15) is 0 Å². The van der Waals surface area contributed by atoms with Crippen LogP contribution in [0.1, 0.15) is 27.2 Å². The number of likely N-dealkylation sites (N-methyl/N-ethyl adjacent to an activating group) is 1. The zero-order chi connectivity index (χ0) is 10.8. The first kappa shape index (κ1) is 12.3. The lowest BCUT2D eigenvalue weighted by Crippen LogP contribution is -2.47. The minimum absolute atomic E-state index is 0.496. The van der Waals surface area contributed by atoms with Gasteiger partial charge in [0.05, 0.1) is 0 Å². The van der Waals surface area contributed by atoms with Gasteiger partial charge in [0.15, 0.2) is 0 Å². The molecule has 0 bridgehead atoms. The molecule has 1 aliphatic rings. The molecule has 0 aliphatic carbocycles. The summed E-state index contributed by atoms with van der Waals surface area (Å²) in [4.78, 5) is 2.45. The molecule has 3 heteroatoms. The Morgan fingerprint density at radius 2 is 2.21 bits per heavy atom. The minimum atomic E-state index is 0.496. The van der Waals surface area contributed by atoms with Gasteiger partial charge < -0.3 is 5.73 Å². The van der Waals surface area contributed by atoms with Crippen LogP contribution >= 0.6 is 11.8 Å². The normalized spacial score (nSPS) is 29.1. The van der Waals surface area contributed by atoms with Gasteiger partial charge in [-0.05, 0) is 31.6 Å². The maximum Gasteiger partial charge on any atom is 0.0192 e. The van der Waals surface area contributed by atoms with E-state index in [1.807, 2.05) is 0 Å². The zero-order valence-corrected chi connectivity index (χ0v) is 10.7. The summed E-state index contributed by atoms with van der Waals surface area (Å²) in [6, 6.07) is 1.22. The number of hydrogen-bond acceptors (Lipinski definition) is 3. The van der Waals surface area contributed by atoms with Gasteiger partial charge in [-0.2, -0.15) is 11.8 Å². The summed E-state index contributed by atoms with van der Waals surface area (Å²) in [5.74, 6) is 2.57. The SMILES string of the molecule is CC(CN)N(C)C1CSCC(C)(C)C1. The molecule has 14 heavy (non-hydrogen) atoms. The van der Waals surface area contributed by atoms with E-state index in [-0.39, 0.29) is 0 Å². The first-order valence-corrected chi connectivity index (χ1v) is 6.61. The first-order chi connectivity index (χ1) is 6.46. The van der Waals surface area contributed by atoms with Gasteiger partial charge >= 0.3 is 0 Å². The summed E-state index contributed by atoms with van der Waals surface area (Å²) in [6.45, 7) is 7.71. The predicted molar refractivity (Wildman–Crippen MR) is 65.8 cm³/mol. The second-order valence-electron chi connectivity index (χ2n) is 5.29. The van der Waals surface area contributed by atoms with Crippen molar-refractivity contribution in [2.45, 2.75) is 39.3 Å². The third kappa shape index (κ3) is 3.14. The third-order valence-corrected chi connectivity index (χ3v) is 4.81. The van der Waals surface area contributed by atoms with E-state index in [1.54, 1.807) is 0 Å². The van der Waals surface area contributed by atoms with Gasteiger partial charge in [0, 0.05) is 24.4 Å². The second-order valence-corrected chi connectivity index (χ2v) is 6.32. The minimum Gasteiger partial charge on any atom is -0.329 e. The summed E-state index contributed by atoms with van der Waals surface area (Å²) >= 11 is 2.08. The van der Waals surface area contributed by atoms with Crippen molar-refractivity contribution in [3.63, 3.8) is 0 Å². The van der Waals surface area contributed by atoms with Gasteiger partial charge in [0.25, 0.3) is 0 Å². The van der Waals surface area contributed by atoms with Crippen molar-refractivity contribution in [1.29, 1.82) is 0 Å². The quantitative estimate of drug-likeness (QED) is 0.780. The van der Waals surface area contributed by atoms with E-state index in [9.17, 15) is 0 Å². The molecule has 0 spiro atoms. The molecular formula is C11H24N2S. The summed E-state index contributed by atoms with van der Waals surface area (Å²) < 4.78 is 0. The molecule has 0 aromatic heterocycles. The highest BCUT2D eigenvalue weighted by atomic mass is 32.2. The van der Waals surface area contributed by atoms with Crippen LogP contribution < -0.4 is 5.73 Å². The van der Waals surface area contributed by atoms with Crippen molar-refractivity contribution in [2.75, 3.05) is 25.1 Å². The summed E-state index contributed by atoms with van der Waals surface area (Å²) in [6.07, 6.45) is 1.31. The lowest BCUT2D eigenvalue weighted by molar-refractivity contribution is 0.154. The molecule has 2 unspecified atom stereocenters. The van der Waals surface area contributed by atoms with Gasteiger partial charge in [-0.15, -0.1) is 0 Å². The molecule has 1 aliphatic heterocycles. The topological polar surface area (TPSA) is 29.3 Å². The van der Waals surface area contributed by atoms with Crippen LogP contribution in [-0.4, -0.2) is 42.1 Å². The standard InChI is InChI=1S/C11H24N2S/c1-9(6-12)13(4)10-5-11(2,3)8-14-7-10/h9-10H,5-8,12H2,1-4H3. The average Bonchev–Trinajstić information content (AvgIpc) is 2.14. The molecule has 0 radical (unpaired) electrons. The Morgan fingerprint density at radius 1 is 1.57 bits per heavy atom. The number of nitrogens with zero attached hydrogens (tertiary/aromatic N) is 1. The molecule has 0 aromatic rings. The van der Waals surface area contributed by atoms with Crippen LogP contribution in [-0.2, 0) is 0 Å². The monoisotopic (exact) mass is 216 g/mol. The third-order valence-electron chi connectivity index (χ3n) is 3.20. The molecule has 84 valence electrons. The molecule has 2 atom stereocenters. The van der Waals surface area contributed by atoms with Crippen molar-refractivity contribution in [2.24, 2.45) is 11.1 Å². The Bertz CT molecular complexity index is 182. The van der Waals surface area contributed by atoms with E-state index in [1.165, 1.54) is 17.9 Å². The average molecular weight is 216 g/mol. The van der Waals surface area contributed by atoms with E-state index in [0.29, 0.717) is 17.5 Å². The Labute approximate surface area is 92.6 Å². The van der Waals surface area contributed by atoms with Crippen LogP contribution in [0.4, 0.5) is 0 Å². The second kappa shape index (κ2) is 4.86. The smallest absolute Gasteiger partial charge is 0.0192 e. The number of hydrogen-bond donors (Lipinski definition) is 1. The summed E-state index contributed by atoms with van der Waals surface area (Å²) in [7, 11) is 2.21. The molecule has 1 rings (SSSR count). The molecule has 1 fully saturated rings. The molecule has 1 heterocycles. The van der Waals surface area contributed by atoms with Crippen LogP contribution in [0.5, 0.6) is 0 Å². The fourth-order valence-corrected chi connectivity index (χ4v) is 3.43. The van der Waals surface area contributed by atoms with Gasteiger partial charge in [-0.25, -0.2) is 0 Å². The van der Waals surface area contributed by atoms with Crippen LogP contribution in [0.2, 0.25) is 0 Å². The number of thioether (sulfide) groups is 1. The zero-order valence-electron chi connectivity index (χ0n) is 9.92. The molecule has 0 saturated carbocycles. The fraction of sp³-hybridized carbons (Fsp3) is 1.00. The Morgan fingerprint density at radius 3 is 2.71 bits per heavy atom. The molecule has 2 N–H and O–H groups in total. The van der Waals surface area contributed by atoms with E-state index in [4.69, 9.17) is 5.73 Å². The van der Waals surface area contributed by atoms with Gasteiger partial charge in [-0.3, -0.25) is 4.90 Å². The highest BCUT2D eigenvalue weighted by molar-refractivity contribution is 7.99. The Kier molecular flexibility index (Phi) is 4.29. The molecule has 2 nitrogen and oxygen atoms in total. The molecule has 0 amide bonds. The highest BCUT2D eigenvalue weighted by Crippen LogP contribution is 2.35. The molecule has 1 saturated heterocycles. The molecular weight excluding hydrogens is 192 g/mol. The largest absolute Gasteiger partial charge is 0.329 e. The summed E-state index contributed by atoms with van der Waals surface area (Å²) in [5, 5.41) is 0. The summed E-state index contributed by atoms with van der Waals surface area (Å²) in [5.41, 5.74) is 6.19. The maximum absolute atomic E-state index is 5.70. The van der Waals surface area contributed by atoms with Crippen molar-refractivity contribution in [1.82, 2.24) is 4.90 Å². The van der Waals surface area contributed by atoms with Gasteiger partial charge in [-0.1, -0.05) is 13.8 Å². The van der Waals surface area contributed by atoms with Crippen molar-refractivity contribution in [3.05, 3.63) is 0 Å². The predicted octanol–water partition coefficient (Wildman–Crippen LogP) is 1.80. The number of rotatable bonds is 3. The van der Waals surface area contributed by atoms with Crippen molar-refractivity contribution >= 4 is 11.8 Å². The first-order valence-electron chi connectivity index (χ1n) is 5.46. The highest BCUT2D eigenvalue weighted by Gasteiger charge is 2.31.